The number of rotatable bonds is 5. The van der Waals surface area contributed by atoms with Gasteiger partial charge in [-0.1, -0.05) is 60.7 Å². The largest absolute Gasteiger partial charge is 0.452 e. The van der Waals surface area contributed by atoms with Gasteiger partial charge >= 0.3 is 5.97 Å². The number of carbonyl (C=O) groups excluding carboxylic acids is 1. The van der Waals surface area contributed by atoms with Gasteiger partial charge in [-0.3, -0.25) is 4.79 Å². The average molecular weight is 418 g/mol. The number of ether oxygens (including phenoxy) is 1. The minimum absolute atomic E-state index is 0.235. The molecule has 0 spiro atoms. The van der Waals surface area contributed by atoms with Crippen molar-refractivity contribution in [2.45, 2.75) is 12.5 Å². The van der Waals surface area contributed by atoms with Crippen molar-refractivity contribution in [3.8, 4) is 0 Å². The third kappa shape index (κ3) is 8.82. The van der Waals surface area contributed by atoms with Gasteiger partial charge in [-0.05, 0) is 16.7 Å². The fourth-order valence-corrected chi connectivity index (χ4v) is 2.57. The SMILES string of the molecule is C[n+]1ccc(CC(=O)OC(c2ccccc2)c2ccccc2)cc1.[O-][Cl+3]([O-])([O-])[O-]. The molecule has 0 fully saturated rings. The Hall–Kier alpha value is -2.81. The second kappa shape index (κ2) is 10.7. The lowest BCUT2D eigenvalue weighted by Crippen LogP contribution is -2.68. The third-order valence-electron chi connectivity index (χ3n) is 3.85. The fraction of sp³-hybridized carbons (Fsp3) is 0.143. The summed E-state index contributed by atoms with van der Waals surface area (Å²) in [5.74, 6) is -0.235. The highest BCUT2D eigenvalue weighted by Gasteiger charge is 2.19. The number of carbonyl (C=O) groups is 1. The Morgan fingerprint density at radius 1 is 0.862 bits per heavy atom. The summed E-state index contributed by atoms with van der Waals surface area (Å²) in [6.07, 6.45) is 3.72. The molecule has 3 rings (SSSR count). The van der Waals surface area contributed by atoms with Crippen molar-refractivity contribution in [3.05, 3.63) is 102 Å². The fourth-order valence-electron chi connectivity index (χ4n) is 2.57. The van der Waals surface area contributed by atoms with Crippen LogP contribution in [0.1, 0.15) is 22.8 Å². The van der Waals surface area contributed by atoms with E-state index in [-0.39, 0.29) is 18.5 Å². The van der Waals surface area contributed by atoms with Crippen LogP contribution >= 0.6 is 0 Å². The number of aryl methyl sites for hydroxylation is 1. The van der Waals surface area contributed by atoms with Crippen LogP contribution in [0.4, 0.5) is 0 Å². The van der Waals surface area contributed by atoms with E-state index in [1.54, 1.807) is 0 Å². The van der Waals surface area contributed by atoms with Gasteiger partial charge in [0.15, 0.2) is 18.5 Å². The Morgan fingerprint density at radius 3 is 1.69 bits per heavy atom. The molecule has 152 valence electrons. The summed E-state index contributed by atoms with van der Waals surface area (Å²) in [6, 6.07) is 23.5. The number of nitrogens with zero attached hydrogens (tertiary/aromatic N) is 1. The van der Waals surface area contributed by atoms with Crippen LogP contribution in [0.15, 0.2) is 85.2 Å². The van der Waals surface area contributed by atoms with Crippen molar-refractivity contribution in [1.82, 2.24) is 0 Å². The molecule has 2 aromatic carbocycles. The molecule has 8 heteroatoms. The van der Waals surface area contributed by atoms with Crippen LogP contribution in [0.2, 0.25) is 0 Å². The molecule has 1 aromatic heterocycles. The molecule has 0 saturated carbocycles. The Kier molecular flexibility index (Phi) is 8.26. The van der Waals surface area contributed by atoms with Crippen molar-refractivity contribution in [2.24, 2.45) is 7.05 Å². The quantitative estimate of drug-likeness (QED) is 0.373. The molecular formula is C21H20ClNO6. The molecule has 0 N–H and O–H groups in total. The molecule has 0 aliphatic carbocycles. The van der Waals surface area contributed by atoms with Crippen molar-refractivity contribution in [3.63, 3.8) is 0 Å². The zero-order valence-electron chi connectivity index (χ0n) is 15.6. The van der Waals surface area contributed by atoms with E-state index in [0.717, 1.165) is 16.7 Å². The maximum Gasteiger partial charge on any atom is 0.311 e. The number of hydrogen-bond acceptors (Lipinski definition) is 6. The maximum absolute atomic E-state index is 12.4. The maximum atomic E-state index is 12.4. The number of aromatic nitrogens is 1. The Bertz CT molecular complexity index is 837. The van der Waals surface area contributed by atoms with E-state index in [4.69, 9.17) is 23.4 Å². The normalized spacial score (nSPS) is 10.8. The highest BCUT2D eigenvalue weighted by Crippen LogP contribution is 2.26. The zero-order valence-corrected chi connectivity index (χ0v) is 16.4. The first-order valence-electron chi connectivity index (χ1n) is 8.57. The molecule has 0 atom stereocenters. The smallest absolute Gasteiger partial charge is 0.311 e. The average Bonchev–Trinajstić information content (AvgIpc) is 2.68. The molecule has 3 aromatic rings. The predicted octanol–water partition coefficient (Wildman–Crippen LogP) is -1.37. The van der Waals surface area contributed by atoms with E-state index < -0.39 is 10.2 Å². The van der Waals surface area contributed by atoms with Crippen LogP contribution in [0.3, 0.4) is 0 Å². The summed E-state index contributed by atoms with van der Waals surface area (Å²) in [6.45, 7) is 0. The molecule has 1 heterocycles. The first kappa shape index (κ1) is 22.5. The van der Waals surface area contributed by atoms with Gasteiger partial charge < -0.3 is 4.74 Å². The molecule has 0 bridgehead atoms. The Morgan fingerprint density at radius 2 is 1.28 bits per heavy atom. The van der Waals surface area contributed by atoms with E-state index in [1.807, 2.05) is 96.8 Å². The lowest BCUT2D eigenvalue weighted by molar-refractivity contribution is -2.00. The summed E-state index contributed by atoms with van der Waals surface area (Å²) in [4.78, 5) is 12.4. The number of benzene rings is 2. The highest BCUT2D eigenvalue weighted by molar-refractivity contribution is 5.73. The highest BCUT2D eigenvalue weighted by atomic mass is 35.7. The number of esters is 1. The molecule has 0 saturated heterocycles. The molecule has 0 unspecified atom stereocenters. The van der Waals surface area contributed by atoms with Crippen molar-refractivity contribution < 1.29 is 43.0 Å². The molecule has 0 aliphatic heterocycles. The van der Waals surface area contributed by atoms with E-state index >= 15 is 0 Å². The monoisotopic (exact) mass is 417 g/mol. The first-order valence-corrected chi connectivity index (χ1v) is 9.81. The first-order chi connectivity index (χ1) is 13.7. The second-order valence-corrected chi connectivity index (χ2v) is 6.87. The lowest BCUT2D eigenvalue weighted by atomic mass is 10.0. The van der Waals surface area contributed by atoms with Crippen LogP contribution in [0, 0.1) is 10.2 Å². The summed E-state index contributed by atoms with van der Waals surface area (Å²) in [7, 11) is -3.00. The molecule has 7 nitrogen and oxygen atoms in total. The third-order valence-corrected chi connectivity index (χ3v) is 3.85. The van der Waals surface area contributed by atoms with Crippen LogP contribution in [0.5, 0.6) is 0 Å². The second-order valence-electron chi connectivity index (χ2n) is 6.12. The van der Waals surface area contributed by atoms with Crippen LogP contribution < -0.4 is 23.2 Å². The van der Waals surface area contributed by atoms with Gasteiger partial charge in [0.05, 0.1) is 6.42 Å². The van der Waals surface area contributed by atoms with Gasteiger partial charge in [-0.15, -0.1) is 10.2 Å². The Balaban J connectivity index is 0.000000537. The van der Waals surface area contributed by atoms with Gasteiger partial charge in [0, 0.05) is 12.1 Å². The molecule has 29 heavy (non-hydrogen) atoms. The topological polar surface area (TPSA) is 122 Å². The van der Waals surface area contributed by atoms with Gasteiger partial charge in [0.1, 0.15) is 7.05 Å². The predicted molar refractivity (Wildman–Crippen MR) is 92.1 cm³/mol. The molecule has 0 aliphatic rings. The van der Waals surface area contributed by atoms with Crippen LogP contribution in [-0.4, -0.2) is 5.97 Å². The van der Waals surface area contributed by atoms with Gasteiger partial charge in [0.2, 0.25) is 0 Å². The van der Waals surface area contributed by atoms with Gasteiger partial charge in [0.25, 0.3) is 0 Å². The van der Waals surface area contributed by atoms with Crippen LogP contribution in [0.25, 0.3) is 0 Å². The van der Waals surface area contributed by atoms with E-state index in [1.165, 1.54) is 0 Å². The lowest BCUT2D eigenvalue weighted by Gasteiger charge is -2.19. The van der Waals surface area contributed by atoms with Crippen molar-refractivity contribution >= 4 is 5.97 Å². The summed E-state index contributed by atoms with van der Waals surface area (Å²) in [5, 5.41) is 0. The summed E-state index contributed by atoms with van der Waals surface area (Å²) in [5.41, 5.74) is 2.88. The molecule has 0 radical (unpaired) electrons. The standard InChI is InChI=1S/C21H20NO2.ClHO4/c1-22-14-12-17(13-15-22)16-20(23)24-21(18-8-4-2-5-9-18)19-10-6-3-7-11-19;2-1(3,4)5/h2-15,21H,16H2,1H3;(H,2,3,4,5)/q+1;/p-1. The molecule has 0 amide bonds. The summed E-state index contributed by atoms with van der Waals surface area (Å²) >= 11 is 0. The van der Waals surface area contributed by atoms with E-state index in [9.17, 15) is 4.79 Å². The van der Waals surface area contributed by atoms with Crippen molar-refractivity contribution in [1.29, 1.82) is 0 Å². The van der Waals surface area contributed by atoms with Gasteiger partial charge in [-0.2, -0.15) is 0 Å². The minimum Gasteiger partial charge on any atom is -0.452 e. The van der Waals surface area contributed by atoms with Crippen molar-refractivity contribution in [2.75, 3.05) is 0 Å². The zero-order chi connectivity index (χ0) is 21.3. The van der Waals surface area contributed by atoms with E-state index in [0.29, 0.717) is 0 Å². The molecular weight excluding hydrogens is 398 g/mol. The number of halogens is 1. The van der Waals surface area contributed by atoms with Crippen LogP contribution in [-0.2, 0) is 23.0 Å². The van der Waals surface area contributed by atoms with E-state index in [2.05, 4.69) is 0 Å². The summed E-state index contributed by atoms with van der Waals surface area (Å²) < 4.78 is 41.7. The minimum atomic E-state index is -4.94. The number of hydrogen-bond donors (Lipinski definition) is 0. The Labute approximate surface area is 170 Å². The van der Waals surface area contributed by atoms with Gasteiger partial charge in [-0.25, -0.2) is 23.2 Å². The number of pyridine rings is 1.